The number of hydrogen-bond acceptors (Lipinski definition) is 6. The first kappa shape index (κ1) is 22.2. The number of hydrogen-bond donors (Lipinski definition) is 1. The molecule has 0 amide bonds. The van der Waals surface area contributed by atoms with E-state index >= 15 is 0 Å². The highest BCUT2D eigenvalue weighted by molar-refractivity contribution is 7.92. The van der Waals surface area contributed by atoms with Gasteiger partial charge in [-0.2, -0.15) is 9.97 Å². The molecule has 1 N–H and O–H groups in total. The quantitative estimate of drug-likeness (QED) is 0.423. The molecule has 0 spiro atoms. The van der Waals surface area contributed by atoms with Crippen LogP contribution in [-0.4, -0.2) is 32.6 Å². The Labute approximate surface area is 190 Å². The normalized spacial score (nSPS) is 11.1. The number of sulfonamides is 1. The molecule has 33 heavy (non-hydrogen) atoms. The zero-order valence-corrected chi connectivity index (χ0v) is 18.6. The smallest absolute Gasteiger partial charge is 0.261 e. The number of aromatic nitrogens is 2. The van der Waals surface area contributed by atoms with E-state index in [4.69, 9.17) is 9.47 Å². The molecule has 0 fully saturated rings. The second kappa shape index (κ2) is 9.25. The van der Waals surface area contributed by atoms with Gasteiger partial charge >= 0.3 is 0 Å². The van der Waals surface area contributed by atoms with E-state index in [-0.39, 0.29) is 10.7 Å². The Morgan fingerprint density at radius 3 is 1.97 bits per heavy atom. The molecule has 0 radical (unpaired) electrons. The third kappa shape index (κ3) is 5.09. The first-order chi connectivity index (χ1) is 15.9. The summed E-state index contributed by atoms with van der Waals surface area (Å²) in [7, 11) is -0.857. The van der Waals surface area contributed by atoms with E-state index in [1.165, 1.54) is 32.4 Å². The van der Waals surface area contributed by atoms with Crippen molar-refractivity contribution in [3.8, 4) is 34.3 Å². The van der Waals surface area contributed by atoms with Crippen LogP contribution in [0.2, 0.25) is 0 Å². The van der Waals surface area contributed by atoms with Crippen LogP contribution in [0, 0.1) is 5.82 Å². The maximum Gasteiger partial charge on any atom is 0.261 e. The van der Waals surface area contributed by atoms with Crippen LogP contribution in [0.25, 0.3) is 22.5 Å². The van der Waals surface area contributed by atoms with Gasteiger partial charge in [0.25, 0.3) is 10.0 Å². The zero-order valence-electron chi connectivity index (χ0n) is 17.8. The van der Waals surface area contributed by atoms with Gasteiger partial charge in [-0.15, -0.1) is 0 Å². The second-order valence-electron chi connectivity index (χ2n) is 6.99. The standard InChI is InChI=1S/C24H20FN3O4S/c1-31-22-15-23(32-2)27-24(26-22)17-8-12-20(13-9-17)28-33(29,30)21-5-3-4-18(14-21)16-6-10-19(25)11-7-16/h3-15,28H,1-2H3. The van der Waals surface area contributed by atoms with E-state index in [9.17, 15) is 12.8 Å². The number of anilines is 1. The third-order valence-electron chi connectivity index (χ3n) is 4.81. The summed E-state index contributed by atoms with van der Waals surface area (Å²) in [5.74, 6) is 0.725. The number of benzene rings is 3. The van der Waals surface area contributed by atoms with Crippen LogP contribution < -0.4 is 14.2 Å². The second-order valence-corrected chi connectivity index (χ2v) is 8.68. The summed E-state index contributed by atoms with van der Waals surface area (Å²) in [5.41, 5.74) is 2.41. The lowest BCUT2D eigenvalue weighted by molar-refractivity contribution is 0.372. The molecule has 0 aliphatic carbocycles. The minimum atomic E-state index is -3.85. The monoisotopic (exact) mass is 465 g/mol. The van der Waals surface area contributed by atoms with Gasteiger partial charge in [0.2, 0.25) is 11.8 Å². The van der Waals surface area contributed by atoms with Crippen LogP contribution in [0.1, 0.15) is 0 Å². The molecule has 0 atom stereocenters. The van der Waals surface area contributed by atoms with E-state index in [0.717, 1.165) is 0 Å². The molecule has 7 nitrogen and oxygen atoms in total. The largest absolute Gasteiger partial charge is 0.481 e. The number of halogens is 1. The number of ether oxygens (including phenoxy) is 2. The molecule has 0 aliphatic heterocycles. The highest BCUT2D eigenvalue weighted by Crippen LogP contribution is 2.26. The molecule has 0 bridgehead atoms. The fourth-order valence-corrected chi connectivity index (χ4v) is 4.23. The summed E-state index contributed by atoms with van der Waals surface area (Å²) in [6.07, 6.45) is 0. The number of nitrogens with zero attached hydrogens (tertiary/aromatic N) is 2. The fourth-order valence-electron chi connectivity index (χ4n) is 3.13. The van der Waals surface area contributed by atoms with Crippen LogP contribution in [0.3, 0.4) is 0 Å². The van der Waals surface area contributed by atoms with Gasteiger partial charge < -0.3 is 9.47 Å². The summed E-state index contributed by atoms with van der Waals surface area (Å²) in [4.78, 5) is 8.67. The Hall–Kier alpha value is -3.98. The number of rotatable bonds is 7. The molecule has 1 heterocycles. The third-order valence-corrected chi connectivity index (χ3v) is 6.19. The Morgan fingerprint density at radius 2 is 1.36 bits per heavy atom. The summed E-state index contributed by atoms with van der Waals surface area (Å²) < 4.78 is 52.0. The van der Waals surface area contributed by atoms with Crippen LogP contribution >= 0.6 is 0 Å². The Bertz CT molecular complexity index is 1350. The zero-order chi connectivity index (χ0) is 23.4. The maximum atomic E-state index is 13.2. The van der Waals surface area contributed by atoms with E-state index in [1.54, 1.807) is 60.7 Å². The average Bonchev–Trinajstić information content (AvgIpc) is 2.84. The van der Waals surface area contributed by atoms with E-state index in [1.807, 2.05) is 0 Å². The van der Waals surface area contributed by atoms with Gasteiger partial charge in [0.05, 0.1) is 25.2 Å². The van der Waals surface area contributed by atoms with Crippen molar-refractivity contribution < 1.29 is 22.3 Å². The molecule has 3 aromatic carbocycles. The molecule has 1 aromatic heterocycles. The summed E-state index contributed by atoms with van der Waals surface area (Å²) in [5, 5.41) is 0. The predicted octanol–water partition coefficient (Wildman–Crippen LogP) is 4.77. The van der Waals surface area contributed by atoms with Crippen molar-refractivity contribution in [1.82, 2.24) is 9.97 Å². The van der Waals surface area contributed by atoms with Gasteiger partial charge in [-0.25, -0.2) is 12.8 Å². The van der Waals surface area contributed by atoms with Crippen molar-refractivity contribution in [3.63, 3.8) is 0 Å². The van der Waals surface area contributed by atoms with Gasteiger partial charge in [-0.05, 0) is 59.7 Å². The van der Waals surface area contributed by atoms with Crippen molar-refractivity contribution in [2.24, 2.45) is 0 Å². The van der Waals surface area contributed by atoms with Gasteiger partial charge in [0.15, 0.2) is 5.82 Å². The lowest BCUT2D eigenvalue weighted by atomic mass is 10.1. The Morgan fingerprint density at radius 1 is 0.758 bits per heavy atom. The van der Waals surface area contributed by atoms with Crippen LogP contribution in [0.5, 0.6) is 11.8 Å². The molecule has 0 unspecified atom stereocenters. The minimum absolute atomic E-state index is 0.0919. The van der Waals surface area contributed by atoms with Crippen molar-refractivity contribution in [2.75, 3.05) is 18.9 Å². The van der Waals surface area contributed by atoms with E-state index in [2.05, 4.69) is 14.7 Å². The average molecular weight is 466 g/mol. The Balaban J connectivity index is 1.57. The number of methoxy groups -OCH3 is 2. The lowest BCUT2D eigenvalue weighted by Crippen LogP contribution is -2.13. The van der Waals surface area contributed by atoms with E-state index in [0.29, 0.717) is 40.0 Å². The fraction of sp³-hybridized carbons (Fsp3) is 0.0833. The molecule has 0 saturated heterocycles. The van der Waals surface area contributed by atoms with Gasteiger partial charge in [0, 0.05) is 11.3 Å². The van der Waals surface area contributed by atoms with Crippen molar-refractivity contribution >= 4 is 15.7 Å². The molecule has 0 saturated carbocycles. The summed E-state index contributed by atoms with van der Waals surface area (Å²) >= 11 is 0. The van der Waals surface area contributed by atoms with Gasteiger partial charge in [-0.1, -0.05) is 24.3 Å². The minimum Gasteiger partial charge on any atom is -0.481 e. The highest BCUT2D eigenvalue weighted by atomic mass is 32.2. The van der Waals surface area contributed by atoms with Crippen molar-refractivity contribution in [3.05, 3.63) is 84.7 Å². The van der Waals surface area contributed by atoms with Crippen molar-refractivity contribution in [1.29, 1.82) is 0 Å². The van der Waals surface area contributed by atoms with Gasteiger partial charge in [0.1, 0.15) is 5.82 Å². The van der Waals surface area contributed by atoms with Crippen LogP contribution in [0.15, 0.2) is 83.8 Å². The summed E-state index contributed by atoms with van der Waals surface area (Å²) in [6.45, 7) is 0. The predicted molar refractivity (Wildman–Crippen MR) is 123 cm³/mol. The molecule has 0 aliphatic rings. The molecular weight excluding hydrogens is 445 g/mol. The SMILES string of the molecule is COc1cc(OC)nc(-c2ccc(NS(=O)(=O)c3cccc(-c4ccc(F)cc4)c3)cc2)n1. The highest BCUT2D eigenvalue weighted by Gasteiger charge is 2.16. The Kier molecular flexibility index (Phi) is 6.23. The molecule has 9 heteroatoms. The van der Waals surface area contributed by atoms with Crippen molar-refractivity contribution in [2.45, 2.75) is 4.90 Å². The van der Waals surface area contributed by atoms with Crippen LogP contribution in [0.4, 0.5) is 10.1 Å². The topological polar surface area (TPSA) is 90.4 Å². The molecule has 4 rings (SSSR count). The van der Waals surface area contributed by atoms with E-state index < -0.39 is 10.0 Å². The van der Waals surface area contributed by atoms with Gasteiger partial charge in [-0.3, -0.25) is 4.72 Å². The molecule has 4 aromatic rings. The molecule has 168 valence electrons. The molecular formula is C24H20FN3O4S. The first-order valence-electron chi connectivity index (χ1n) is 9.84. The first-order valence-corrected chi connectivity index (χ1v) is 11.3. The van der Waals surface area contributed by atoms with Crippen LogP contribution in [-0.2, 0) is 10.0 Å². The number of nitrogens with one attached hydrogen (secondary N) is 1. The maximum absolute atomic E-state index is 13.2. The summed E-state index contributed by atoms with van der Waals surface area (Å²) in [6, 6.07) is 20.5. The lowest BCUT2D eigenvalue weighted by Gasteiger charge is -2.11.